The Morgan fingerprint density at radius 3 is 2.67 bits per heavy atom. The Morgan fingerprint density at radius 1 is 1.38 bits per heavy atom. The molecule has 21 heavy (non-hydrogen) atoms. The Morgan fingerprint density at radius 2 is 2.05 bits per heavy atom. The van der Waals surface area contributed by atoms with Gasteiger partial charge in [-0.3, -0.25) is 4.90 Å². The van der Waals surface area contributed by atoms with Gasteiger partial charge >= 0.3 is 0 Å². The van der Waals surface area contributed by atoms with E-state index >= 15 is 0 Å². The fourth-order valence-corrected chi connectivity index (χ4v) is 3.05. The van der Waals surface area contributed by atoms with Crippen LogP contribution in [0.15, 0.2) is 12.1 Å². The first-order valence-electron chi connectivity index (χ1n) is 7.15. The van der Waals surface area contributed by atoms with Gasteiger partial charge in [-0.05, 0) is 31.4 Å². The van der Waals surface area contributed by atoms with Crippen LogP contribution in [0.1, 0.15) is 30.0 Å². The highest BCUT2D eigenvalue weighted by atomic mass is 35.5. The fraction of sp³-hybridized carbons (Fsp3) is 0.600. The van der Waals surface area contributed by atoms with E-state index in [-0.39, 0.29) is 30.9 Å². The summed E-state index contributed by atoms with van der Waals surface area (Å²) in [5, 5.41) is 12.9. The van der Waals surface area contributed by atoms with E-state index in [0.29, 0.717) is 17.0 Å². The van der Waals surface area contributed by atoms with Crippen LogP contribution in [0.3, 0.4) is 0 Å². The van der Waals surface area contributed by atoms with Gasteiger partial charge in [0.2, 0.25) is 0 Å². The Balaban J connectivity index is 0.00000220. The molecule has 0 saturated carbocycles. The van der Waals surface area contributed by atoms with Gasteiger partial charge in [-0.2, -0.15) is 0 Å². The Labute approximate surface area is 136 Å². The second kappa shape index (κ2) is 8.91. The highest BCUT2D eigenvalue weighted by Crippen LogP contribution is 2.35. The van der Waals surface area contributed by atoms with Gasteiger partial charge < -0.3 is 10.4 Å². The van der Waals surface area contributed by atoms with Crippen molar-refractivity contribution in [1.82, 2.24) is 10.2 Å². The van der Waals surface area contributed by atoms with Crippen molar-refractivity contribution < 1.29 is 9.50 Å². The Hall–Kier alpha value is -0.390. The minimum atomic E-state index is -0.248. The second-order valence-corrected chi connectivity index (χ2v) is 5.64. The molecule has 1 saturated heterocycles. The van der Waals surface area contributed by atoms with Gasteiger partial charge in [-0.1, -0.05) is 17.7 Å². The van der Waals surface area contributed by atoms with Crippen LogP contribution in [0.2, 0.25) is 5.02 Å². The van der Waals surface area contributed by atoms with E-state index in [2.05, 4.69) is 10.2 Å². The molecule has 1 aliphatic heterocycles. The first-order chi connectivity index (χ1) is 9.65. The molecule has 2 N–H and O–H groups in total. The van der Waals surface area contributed by atoms with Crippen LogP contribution in [-0.2, 0) is 0 Å². The zero-order valence-corrected chi connectivity index (χ0v) is 13.8. The highest BCUT2D eigenvalue weighted by molar-refractivity contribution is 6.32. The van der Waals surface area contributed by atoms with Crippen LogP contribution in [0.25, 0.3) is 0 Å². The average molecular weight is 337 g/mol. The summed E-state index contributed by atoms with van der Waals surface area (Å²) in [6.07, 6.45) is 1.37. The van der Waals surface area contributed by atoms with Crippen molar-refractivity contribution in [2.24, 2.45) is 0 Å². The van der Waals surface area contributed by atoms with Crippen LogP contribution >= 0.6 is 24.0 Å². The molecular weight excluding hydrogens is 314 g/mol. The lowest BCUT2D eigenvalue weighted by Crippen LogP contribution is -2.45. The van der Waals surface area contributed by atoms with Crippen LogP contribution < -0.4 is 5.32 Å². The molecule has 3 nitrogen and oxygen atoms in total. The van der Waals surface area contributed by atoms with E-state index in [4.69, 9.17) is 16.7 Å². The summed E-state index contributed by atoms with van der Waals surface area (Å²) in [5.74, 6) is -0.248. The number of halogens is 3. The molecule has 0 aliphatic carbocycles. The van der Waals surface area contributed by atoms with Gasteiger partial charge in [0.15, 0.2) is 0 Å². The maximum absolute atomic E-state index is 14.3. The lowest BCUT2D eigenvalue weighted by molar-refractivity contribution is 0.152. The molecule has 1 atom stereocenters. The lowest BCUT2D eigenvalue weighted by Gasteiger charge is -2.36. The van der Waals surface area contributed by atoms with Gasteiger partial charge in [0.05, 0.1) is 5.02 Å². The molecule has 0 bridgehead atoms. The van der Waals surface area contributed by atoms with Gasteiger partial charge in [0, 0.05) is 44.4 Å². The van der Waals surface area contributed by atoms with Crippen molar-refractivity contribution in [2.45, 2.75) is 25.8 Å². The lowest BCUT2D eigenvalue weighted by atomic mass is 9.97. The largest absolute Gasteiger partial charge is 0.396 e. The summed E-state index contributed by atoms with van der Waals surface area (Å²) in [7, 11) is 0. The molecular formula is C15H23Cl2FN2O. The van der Waals surface area contributed by atoms with E-state index in [1.807, 2.05) is 6.92 Å². The van der Waals surface area contributed by atoms with E-state index in [9.17, 15) is 4.39 Å². The van der Waals surface area contributed by atoms with Gasteiger partial charge in [0.1, 0.15) is 5.82 Å². The monoisotopic (exact) mass is 336 g/mol. The van der Waals surface area contributed by atoms with Crippen molar-refractivity contribution in [3.05, 3.63) is 34.1 Å². The number of rotatable bonds is 5. The third-order valence-corrected chi connectivity index (χ3v) is 4.38. The summed E-state index contributed by atoms with van der Waals surface area (Å²) < 4.78 is 14.3. The third-order valence-electron chi connectivity index (χ3n) is 3.88. The number of nitrogens with one attached hydrogen (secondary N) is 1. The summed E-state index contributed by atoms with van der Waals surface area (Å²) in [6, 6.07) is 3.14. The number of hydrogen-bond donors (Lipinski definition) is 2. The van der Waals surface area contributed by atoms with Gasteiger partial charge in [-0.15, -0.1) is 12.4 Å². The molecule has 120 valence electrons. The van der Waals surface area contributed by atoms with E-state index in [1.165, 1.54) is 6.07 Å². The molecule has 1 heterocycles. The van der Waals surface area contributed by atoms with Crippen molar-refractivity contribution in [2.75, 3.05) is 32.8 Å². The number of piperazine rings is 1. The highest BCUT2D eigenvalue weighted by Gasteiger charge is 2.26. The number of nitrogens with zero attached hydrogens (tertiary/aromatic N) is 1. The summed E-state index contributed by atoms with van der Waals surface area (Å²) >= 11 is 6.35. The van der Waals surface area contributed by atoms with Crippen LogP contribution in [0.5, 0.6) is 0 Å². The first kappa shape index (κ1) is 18.7. The topological polar surface area (TPSA) is 35.5 Å². The minimum absolute atomic E-state index is 0. The molecule has 2 rings (SSSR count). The third kappa shape index (κ3) is 4.54. The molecule has 0 radical (unpaired) electrons. The van der Waals surface area contributed by atoms with E-state index in [1.54, 1.807) is 6.07 Å². The summed E-state index contributed by atoms with van der Waals surface area (Å²) in [4.78, 5) is 2.26. The summed E-state index contributed by atoms with van der Waals surface area (Å²) in [5.41, 5.74) is 1.48. The van der Waals surface area contributed by atoms with E-state index < -0.39 is 0 Å². The van der Waals surface area contributed by atoms with Gasteiger partial charge in [0.25, 0.3) is 0 Å². The normalized spacial score (nSPS) is 17.3. The Kier molecular flexibility index (Phi) is 7.92. The fourth-order valence-electron chi connectivity index (χ4n) is 2.77. The summed E-state index contributed by atoms with van der Waals surface area (Å²) in [6.45, 7) is 5.57. The van der Waals surface area contributed by atoms with Crippen LogP contribution in [0, 0.1) is 12.7 Å². The first-order valence-corrected chi connectivity index (χ1v) is 7.53. The minimum Gasteiger partial charge on any atom is -0.396 e. The quantitative estimate of drug-likeness (QED) is 0.867. The molecule has 6 heteroatoms. The van der Waals surface area contributed by atoms with Crippen molar-refractivity contribution in [1.29, 1.82) is 0 Å². The number of aliphatic hydroxyl groups is 1. The molecule has 1 fully saturated rings. The zero-order valence-electron chi connectivity index (χ0n) is 12.2. The number of aliphatic hydroxyl groups excluding tert-OH is 1. The average Bonchev–Trinajstić information content (AvgIpc) is 2.47. The van der Waals surface area contributed by atoms with Crippen LogP contribution in [0.4, 0.5) is 4.39 Å². The molecule has 0 spiro atoms. The second-order valence-electron chi connectivity index (χ2n) is 5.26. The van der Waals surface area contributed by atoms with E-state index in [0.717, 1.165) is 38.2 Å². The SMILES string of the molecule is Cc1ccc(F)c([C@@H](CCCO)N2CCNCC2)c1Cl.Cl. The van der Waals surface area contributed by atoms with Crippen LogP contribution in [-0.4, -0.2) is 42.8 Å². The van der Waals surface area contributed by atoms with Crippen molar-refractivity contribution in [3.63, 3.8) is 0 Å². The van der Waals surface area contributed by atoms with Gasteiger partial charge in [-0.25, -0.2) is 4.39 Å². The molecule has 1 aromatic rings. The smallest absolute Gasteiger partial charge is 0.129 e. The number of benzene rings is 1. The number of hydrogen-bond acceptors (Lipinski definition) is 3. The van der Waals surface area contributed by atoms with Crippen molar-refractivity contribution >= 4 is 24.0 Å². The number of aryl methyl sites for hydroxylation is 1. The predicted molar refractivity (Wildman–Crippen MR) is 86.9 cm³/mol. The Bertz CT molecular complexity index is 454. The molecule has 1 aromatic carbocycles. The molecule has 0 unspecified atom stereocenters. The molecule has 0 amide bonds. The predicted octanol–water partition coefficient (Wildman–Crippen LogP) is 2.93. The molecule has 0 aromatic heterocycles. The van der Waals surface area contributed by atoms with Crippen molar-refractivity contribution in [3.8, 4) is 0 Å². The molecule has 1 aliphatic rings. The maximum atomic E-state index is 14.3. The maximum Gasteiger partial charge on any atom is 0.129 e. The zero-order chi connectivity index (χ0) is 14.5. The standard InChI is InChI=1S/C15H22ClFN2O.ClH/c1-11-4-5-12(17)14(15(11)16)13(3-2-10-20)19-8-6-18-7-9-19;/h4-5,13,18,20H,2-3,6-10H2,1H3;1H/t13-;/m1./s1.